The Bertz CT molecular complexity index is 675. The number of carbonyl (C=O) groups excluding carboxylic acids is 1. The molecule has 0 fully saturated rings. The van der Waals surface area contributed by atoms with E-state index in [1.165, 1.54) is 0 Å². The van der Waals surface area contributed by atoms with Crippen LogP contribution in [-0.2, 0) is 22.4 Å². The van der Waals surface area contributed by atoms with Gasteiger partial charge in [-0.2, -0.15) is 0 Å². The molecule has 1 atom stereocenters. The van der Waals surface area contributed by atoms with Crippen molar-refractivity contribution in [1.82, 2.24) is 5.32 Å². The number of amides is 1. The largest absolute Gasteiger partial charge is 0.480 e. The smallest absolute Gasteiger partial charge is 0.326 e. The molecule has 2 rings (SSSR count). The molecule has 4 nitrogen and oxygen atoms in total. The lowest BCUT2D eigenvalue weighted by atomic mass is 9.96. The van der Waals surface area contributed by atoms with Crippen LogP contribution < -0.4 is 5.32 Å². The molecule has 1 amide bonds. The maximum atomic E-state index is 12.1. The molecule has 120 valence electrons. The number of rotatable bonds is 6. The summed E-state index contributed by atoms with van der Waals surface area (Å²) in [6, 6.07) is 14.2. The van der Waals surface area contributed by atoms with Crippen LogP contribution in [0.1, 0.15) is 22.3 Å². The van der Waals surface area contributed by atoms with Crippen molar-refractivity contribution in [2.75, 3.05) is 0 Å². The molecule has 0 aliphatic carbocycles. The van der Waals surface area contributed by atoms with Gasteiger partial charge >= 0.3 is 5.97 Å². The first-order valence-electron chi connectivity index (χ1n) is 7.58. The molecule has 2 N–H and O–H groups in total. The Hall–Kier alpha value is -2.62. The lowest BCUT2D eigenvalue weighted by Gasteiger charge is -2.17. The maximum absolute atomic E-state index is 12.1. The molecule has 2 aromatic rings. The molecule has 0 radical (unpaired) electrons. The highest BCUT2D eigenvalue weighted by Crippen LogP contribution is 2.15. The second-order valence-electron chi connectivity index (χ2n) is 5.70. The van der Waals surface area contributed by atoms with Crippen molar-refractivity contribution in [3.05, 3.63) is 70.8 Å². The van der Waals surface area contributed by atoms with Crippen LogP contribution in [0.5, 0.6) is 0 Å². The highest BCUT2D eigenvalue weighted by molar-refractivity contribution is 5.85. The minimum Gasteiger partial charge on any atom is -0.480 e. The summed E-state index contributed by atoms with van der Waals surface area (Å²) in [4.78, 5) is 23.6. The first kappa shape index (κ1) is 16.7. The Morgan fingerprint density at radius 1 is 1.00 bits per heavy atom. The molecule has 2 aromatic carbocycles. The highest BCUT2D eigenvalue weighted by Gasteiger charge is 2.22. The summed E-state index contributed by atoms with van der Waals surface area (Å²) in [6.07, 6.45) is 0.464. The molecule has 0 bridgehead atoms. The summed E-state index contributed by atoms with van der Waals surface area (Å²) >= 11 is 0. The normalized spacial score (nSPS) is 11.7. The average molecular weight is 311 g/mol. The van der Waals surface area contributed by atoms with Crippen LogP contribution in [0.15, 0.2) is 48.5 Å². The van der Waals surface area contributed by atoms with E-state index in [0.29, 0.717) is 0 Å². The monoisotopic (exact) mass is 311 g/mol. The van der Waals surface area contributed by atoms with Gasteiger partial charge in [-0.05, 0) is 36.1 Å². The van der Waals surface area contributed by atoms with Crippen molar-refractivity contribution >= 4 is 11.9 Å². The summed E-state index contributed by atoms with van der Waals surface area (Å²) in [5.74, 6) is -1.30. The number of aryl methyl sites for hydroxylation is 2. The molecular formula is C19H21NO3. The second-order valence-corrected chi connectivity index (χ2v) is 5.70. The van der Waals surface area contributed by atoms with Crippen molar-refractivity contribution in [3.63, 3.8) is 0 Å². The van der Waals surface area contributed by atoms with Gasteiger partial charge in [0.2, 0.25) is 5.91 Å². The van der Waals surface area contributed by atoms with E-state index < -0.39 is 12.0 Å². The van der Waals surface area contributed by atoms with Gasteiger partial charge in [-0.3, -0.25) is 4.79 Å². The first-order chi connectivity index (χ1) is 11.0. The third-order valence-corrected chi connectivity index (χ3v) is 3.89. The van der Waals surface area contributed by atoms with Crippen LogP contribution in [0.2, 0.25) is 0 Å². The number of hydrogen-bond acceptors (Lipinski definition) is 2. The van der Waals surface area contributed by atoms with Gasteiger partial charge in [0.15, 0.2) is 0 Å². The van der Waals surface area contributed by atoms with E-state index in [1.54, 1.807) is 0 Å². The molecule has 0 aliphatic heterocycles. The van der Waals surface area contributed by atoms with Crippen molar-refractivity contribution in [3.8, 4) is 0 Å². The Kier molecular flexibility index (Phi) is 5.52. The number of hydrogen-bond donors (Lipinski definition) is 2. The molecule has 0 aromatic heterocycles. The molecule has 0 spiro atoms. The van der Waals surface area contributed by atoms with Gasteiger partial charge in [0.05, 0.1) is 6.42 Å². The Balaban J connectivity index is 2.07. The average Bonchev–Trinajstić information content (AvgIpc) is 2.50. The van der Waals surface area contributed by atoms with Gasteiger partial charge < -0.3 is 10.4 Å². The van der Waals surface area contributed by atoms with Gasteiger partial charge in [-0.1, -0.05) is 48.5 Å². The Morgan fingerprint density at radius 3 is 2.17 bits per heavy atom. The number of carboxylic acids is 1. The highest BCUT2D eigenvalue weighted by atomic mass is 16.4. The van der Waals surface area contributed by atoms with E-state index in [2.05, 4.69) is 5.32 Å². The maximum Gasteiger partial charge on any atom is 0.326 e. The Morgan fingerprint density at radius 2 is 1.61 bits per heavy atom. The van der Waals surface area contributed by atoms with Crippen LogP contribution in [0, 0.1) is 13.8 Å². The molecule has 4 heteroatoms. The molecule has 0 unspecified atom stereocenters. The van der Waals surface area contributed by atoms with Crippen molar-refractivity contribution in [2.24, 2.45) is 0 Å². The molecular weight excluding hydrogens is 290 g/mol. The minimum absolute atomic E-state index is 0.178. The van der Waals surface area contributed by atoms with Crippen LogP contribution in [0.25, 0.3) is 0 Å². The van der Waals surface area contributed by atoms with Gasteiger partial charge in [0.1, 0.15) is 6.04 Å². The second kappa shape index (κ2) is 7.58. The van der Waals surface area contributed by atoms with Gasteiger partial charge in [0.25, 0.3) is 0 Å². The summed E-state index contributed by atoms with van der Waals surface area (Å²) in [7, 11) is 0. The van der Waals surface area contributed by atoms with E-state index in [-0.39, 0.29) is 18.7 Å². The van der Waals surface area contributed by atoms with E-state index in [9.17, 15) is 14.7 Å². The standard InChI is InChI=1S/C19H21NO3/c1-13-7-6-8-14(2)16(13)12-17(19(22)23)20-18(21)11-15-9-4-3-5-10-15/h3-10,17H,11-12H2,1-2H3,(H,20,21)(H,22,23)/t17-/m1/s1. The minimum atomic E-state index is -1.02. The number of carboxylic acid groups (broad SMARTS) is 1. The van der Waals surface area contributed by atoms with Crippen molar-refractivity contribution in [2.45, 2.75) is 32.7 Å². The zero-order valence-electron chi connectivity index (χ0n) is 13.4. The predicted octanol–water partition coefficient (Wildman–Crippen LogP) is 2.66. The zero-order chi connectivity index (χ0) is 16.8. The lowest BCUT2D eigenvalue weighted by molar-refractivity contribution is -0.141. The third kappa shape index (κ3) is 4.68. The fourth-order valence-electron chi connectivity index (χ4n) is 2.60. The third-order valence-electron chi connectivity index (χ3n) is 3.89. The van der Waals surface area contributed by atoms with Crippen molar-refractivity contribution in [1.29, 1.82) is 0 Å². The van der Waals surface area contributed by atoms with Gasteiger partial charge in [-0.25, -0.2) is 4.79 Å². The summed E-state index contributed by atoms with van der Waals surface area (Å²) in [5.41, 5.74) is 3.91. The first-order valence-corrected chi connectivity index (χ1v) is 7.58. The van der Waals surface area contributed by atoms with Crippen LogP contribution in [0.3, 0.4) is 0 Å². The van der Waals surface area contributed by atoms with Gasteiger partial charge in [-0.15, -0.1) is 0 Å². The zero-order valence-corrected chi connectivity index (χ0v) is 13.4. The number of aliphatic carboxylic acids is 1. The number of carbonyl (C=O) groups is 2. The fourth-order valence-corrected chi connectivity index (χ4v) is 2.60. The van der Waals surface area contributed by atoms with E-state index >= 15 is 0 Å². The SMILES string of the molecule is Cc1cccc(C)c1C[C@@H](NC(=O)Cc1ccccc1)C(=O)O. The van der Waals surface area contributed by atoms with Gasteiger partial charge in [0, 0.05) is 6.42 Å². The molecule has 0 heterocycles. The number of nitrogens with one attached hydrogen (secondary N) is 1. The molecule has 23 heavy (non-hydrogen) atoms. The molecule has 0 saturated carbocycles. The molecule has 0 aliphatic rings. The van der Waals surface area contributed by atoms with Crippen LogP contribution >= 0.6 is 0 Å². The summed E-state index contributed by atoms with van der Waals surface area (Å²) < 4.78 is 0. The Labute approximate surface area is 136 Å². The topological polar surface area (TPSA) is 66.4 Å². The number of benzene rings is 2. The lowest BCUT2D eigenvalue weighted by Crippen LogP contribution is -2.43. The van der Waals surface area contributed by atoms with E-state index in [0.717, 1.165) is 22.3 Å². The van der Waals surface area contributed by atoms with Crippen LogP contribution in [-0.4, -0.2) is 23.0 Å². The van der Waals surface area contributed by atoms with E-state index in [4.69, 9.17) is 0 Å². The fraction of sp³-hybridized carbons (Fsp3) is 0.263. The predicted molar refractivity (Wildman–Crippen MR) is 89.3 cm³/mol. The summed E-state index contributed by atoms with van der Waals surface area (Å²) in [5, 5.41) is 12.0. The quantitative estimate of drug-likeness (QED) is 0.862. The van der Waals surface area contributed by atoms with Crippen LogP contribution in [0.4, 0.5) is 0 Å². The molecule has 0 saturated heterocycles. The van der Waals surface area contributed by atoms with Crippen molar-refractivity contribution < 1.29 is 14.7 Å². The summed E-state index contributed by atoms with van der Waals surface area (Å²) in [6.45, 7) is 3.90. The van der Waals surface area contributed by atoms with E-state index in [1.807, 2.05) is 62.4 Å².